The van der Waals surface area contributed by atoms with Gasteiger partial charge in [-0.1, -0.05) is 25.5 Å². The molecular weight excluding hydrogens is 190 g/mol. The van der Waals surface area contributed by atoms with Crippen molar-refractivity contribution in [2.45, 2.75) is 20.8 Å². The maximum Gasteiger partial charge on any atom is 0.0165 e. The van der Waals surface area contributed by atoms with Crippen molar-refractivity contribution in [3.8, 4) is 0 Å². The average molecular weight is 209 g/mol. The summed E-state index contributed by atoms with van der Waals surface area (Å²) in [6.45, 7) is 8.71. The Labute approximate surface area is 90.9 Å². The molecule has 78 valence electrons. The van der Waals surface area contributed by atoms with Crippen LogP contribution in [0.4, 0.5) is 0 Å². The molecule has 1 nitrogen and oxygen atoms in total. The molecule has 1 aromatic heterocycles. The van der Waals surface area contributed by atoms with E-state index in [4.69, 9.17) is 0 Å². The fraction of sp³-hybridized carbons (Fsp3) is 0.500. The fourth-order valence-electron chi connectivity index (χ4n) is 1.25. The summed E-state index contributed by atoms with van der Waals surface area (Å²) in [6.07, 6.45) is 2.24. The lowest BCUT2D eigenvalue weighted by molar-refractivity contribution is 0.572. The normalized spacial score (nSPS) is 12.4. The second-order valence-corrected chi connectivity index (χ2v) is 4.85. The molecule has 2 heteroatoms. The zero-order chi connectivity index (χ0) is 10.4. The number of nitrogens with one attached hydrogen (secondary N) is 1. The summed E-state index contributed by atoms with van der Waals surface area (Å²) < 4.78 is 0. The van der Waals surface area contributed by atoms with Crippen molar-refractivity contribution in [2.75, 3.05) is 13.1 Å². The van der Waals surface area contributed by atoms with Gasteiger partial charge in [-0.05, 0) is 41.8 Å². The summed E-state index contributed by atoms with van der Waals surface area (Å²) in [5.74, 6) is 0.726. The first kappa shape index (κ1) is 11.5. The molecule has 0 radical (unpaired) electrons. The van der Waals surface area contributed by atoms with Crippen molar-refractivity contribution in [3.63, 3.8) is 0 Å². The first-order valence-electron chi connectivity index (χ1n) is 5.08. The van der Waals surface area contributed by atoms with E-state index in [2.05, 4.69) is 49.0 Å². The third-order valence-electron chi connectivity index (χ3n) is 1.91. The molecule has 0 aliphatic heterocycles. The minimum Gasteiger partial charge on any atom is -0.313 e. The lowest BCUT2D eigenvalue weighted by Gasteiger charge is -2.07. The molecule has 14 heavy (non-hydrogen) atoms. The molecular formula is C12H19NS. The van der Waals surface area contributed by atoms with Crippen molar-refractivity contribution in [1.29, 1.82) is 0 Å². The van der Waals surface area contributed by atoms with Crippen LogP contribution in [0.3, 0.4) is 0 Å². The molecule has 0 amide bonds. The predicted octanol–water partition coefficient (Wildman–Crippen LogP) is 3.40. The molecule has 0 unspecified atom stereocenters. The van der Waals surface area contributed by atoms with E-state index in [1.54, 1.807) is 11.3 Å². The maximum absolute atomic E-state index is 3.43. The van der Waals surface area contributed by atoms with E-state index in [9.17, 15) is 0 Å². The summed E-state index contributed by atoms with van der Waals surface area (Å²) in [5.41, 5.74) is 2.71. The number of thiophene rings is 1. The highest BCUT2D eigenvalue weighted by molar-refractivity contribution is 7.08. The first-order chi connectivity index (χ1) is 6.68. The van der Waals surface area contributed by atoms with Crippen molar-refractivity contribution in [3.05, 3.63) is 28.0 Å². The molecule has 0 aliphatic carbocycles. The van der Waals surface area contributed by atoms with Crippen LogP contribution in [0.15, 0.2) is 22.4 Å². The van der Waals surface area contributed by atoms with E-state index >= 15 is 0 Å². The monoisotopic (exact) mass is 209 g/mol. The highest BCUT2D eigenvalue weighted by atomic mass is 32.1. The Balaban J connectivity index is 2.31. The third-order valence-corrected chi connectivity index (χ3v) is 2.61. The molecule has 0 spiro atoms. The van der Waals surface area contributed by atoms with Gasteiger partial charge in [-0.3, -0.25) is 0 Å². The maximum atomic E-state index is 3.43. The van der Waals surface area contributed by atoms with Crippen LogP contribution in [0.25, 0.3) is 6.08 Å². The molecule has 1 N–H and O–H groups in total. The van der Waals surface area contributed by atoms with Crippen LogP contribution in [0.2, 0.25) is 0 Å². The molecule has 0 saturated carbocycles. The van der Waals surface area contributed by atoms with E-state index in [-0.39, 0.29) is 0 Å². The number of hydrogen-bond donors (Lipinski definition) is 1. The smallest absolute Gasteiger partial charge is 0.0165 e. The summed E-state index contributed by atoms with van der Waals surface area (Å²) in [4.78, 5) is 0. The number of rotatable bonds is 5. The summed E-state index contributed by atoms with van der Waals surface area (Å²) in [7, 11) is 0. The van der Waals surface area contributed by atoms with Gasteiger partial charge in [0, 0.05) is 6.54 Å². The second-order valence-electron chi connectivity index (χ2n) is 4.07. The number of hydrogen-bond acceptors (Lipinski definition) is 2. The Kier molecular flexibility index (Phi) is 4.91. The predicted molar refractivity (Wildman–Crippen MR) is 65.7 cm³/mol. The first-order valence-corrected chi connectivity index (χ1v) is 6.03. The van der Waals surface area contributed by atoms with Gasteiger partial charge in [0.05, 0.1) is 0 Å². The second kappa shape index (κ2) is 5.99. The highest BCUT2D eigenvalue weighted by Gasteiger charge is 1.94. The van der Waals surface area contributed by atoms with Gasteiger partial charge < -0.3 is 5.32 Å². The Bertz CT molecular complexity index is 273. The Morgan fingerprint density at radius 3 is 2.93 bits per heavy atom. The van der Waals surface area contributed by atoms with E-state index in [1.807, 2.05) is 0 Å². The average Bonchev–Trinajstić information content (AvgIpc) is 2.56. The highest BCUT2D eigenvalue weighted by Crippen LogP contribution is 2.10. The van der Waals surface area contributed by atoms with Crippen molar-refractivity contribution >= 4 is 17.4 Å². The van der Waals surface area contributed by atoms with Crippen LogP contribution in [0.5, 0.6) is 0 Å². The van der Waals surface area contributed by atoms with E-state index in [0.717, 1.165) is 19.0 Å². The van der Waals surface area contributed by atoms with Crippen LogP contribution < -0.4 is 5.32 Å². The van der Waals surface area contributed by atoms with Gasteiger partial charge >= 0.3 is 0 Å². The van der Waals surface area contributed by atoms with Gasteiger partial charge in [-0.2, -0.15) is 11.3 Å². The van der Waals surface area contributed by atoms with Crippen molar-refractivity contribution < 1.29 is 0 Å². The third kappa shape index (κ3) is 4.58. The summed E-state index contributed by atoms with van der Waals surface area (Å²) >= 11 is 1.75. The molecule has 1 rings (SSSR count). The Hall–Kier alpha value is -0.600. The molecule has 1 aromatic rings. The minimum atomic E-state index is 0.726. The summed E-state index contributed by atoms with van der Waals surface area (Å²) in [5, 5.41) is 7.72. The fourth-order valence-corrected chi connectivity index (χ4v) is 1.87. The Morgan fingerprint density at radius 2 is 2.36 bits per heavy atom. The van der Waals surface area contributed by atoms with E-state index in [0.29, 0.717) is 0 Å². The van der Waals surface area contributed by atoms with Crippen LogP contribution in [-0.2, 0) is 0 Å². The molecule has 1 heterocycles. The van der Waals surface area contributed by atoms with Crippen LogP contribution >= 0.6 is 11.3 Å². The van der Waals surface area contributed by atoms with E-state index in [1.165, 1.54) is 11.1 Å². The lowest BCUT2D eigenvalue weighted by Crippen LogP contribution is -2.21. The van der Waals surface area contributed by atoms with Gasteiger partial charge in [0.15, 0.2) is 0 Å². The molecule has 0 bridgehead atoms. The van der Waals surface area contributed by atoms with Crippen LogP contribution in [-0.4, -0.2) is 13.1 Å². The quantitative estimate of drug-likeness (QED) is 0.783. The largest absolute Gasteiger partial charge is 0.313 e. The molecule has 0 aliphatic rings. The van der Waals surface area contributed by atoms with E-state index < -0.39 is 0 Å². The SMILES string of the molecule is CC(=Cc1ccsc1)CNCC(C)C. The van der Waals surface area contributed by atoms with Crippen molar-refractivity contribution in [1.82, 2.24) is 5.32 Å². The van der Waals surface area contributed by atoms with Crippen LogP contribution in [0.1, 0.15) is 26.3 Å². The summed E-state index contributed by atoms with van der Waals surface area (Å²) in [6, 6.07) is 2.15. The topological polar surface area (TPSA) is 12.0 Å². The van der Waals surface area contributed by atoms with Crippen LogP contribution in [0, 0.1) is 5.92 Å². The molecule has 0 aromatic carbocycles. The zero-order valence-corrected chi connectivity index (χ0v) is 10.0. The Morgan fingerprint density at radius 1 is 1.57 bits per heavy atom. The van der Waals surface area contributed by atoms with Gasteiger partial charge in [0.25, 0.3) is 0 Å². The van der Waals surface area contributed by atoms with Gasteiger partial charge in [-0.15, -0.1) is 0 Å². The van der Waals surface area contributed by atoms with Gasteiger partial charge in [-0.25, -0.2) is 0 Å². The van der Waals surface area contributed by atoms with Gasteiger partial charge in [0.2, 0.25) is 0 Å². The molecule has 0 atom stereocenters. The minimum absolute atomic E-state index is 0.726. The standard InChI is InChI=1S/C12H19NS/c1-10(2)7-13-8-11(3)6-12-4-5-14-9-12/h4-6,9-10,13H,7-8H2,1-3H3. The lowest BCUT2D eigenvalue weighted by atomic mass is 10.2. The van der Waals surface area contributed by atoms with Gasteiger partial charge in [0.1, 0.15) is 0 Å². The molecule has 0 saturated heterocycles. The zero-order valence-electron chi connectivity index (χ0n) is 9.21. The van der Waals surface area contributed by atoms with Crippen molar-refractivity contribution in [2.24, 2.45) is 5.92 Å². The molecule has 0 fully saturated rings.